The molecule has 21 heavy (non-hydrogen) atoms. The second kappa shape index (κ2) is 8.98. The van der Waals surface area contributed by atoms with Gasteiger partial charge in [-0.05, 0) is 6.92 Å². The quantitative estimate of drug-likeness (QED) is 0.574. The second-order valence-corrected chi connectivity index (χ2v) is 3.75. The van der Waals surface area contributed by atoms with E-state index in [1.807, 2.05) is 0 Å². The summed E-state index contributed by atoms with van der Waals surface area (Å²) in [6.07, 6.45) is 0. The van der Waals surface area contributed by atoms with Crippen LogP contribution in [0.2, 0.25) is 0 Å². The number of amides is 1. The lowest BCUT2D eigenvalue weighted by atomic mass is 10.1. The first-order valence-electron chi connectivity index (χ1n) is 6.02. The Kier molecular flexibility index (Phi) is 8.10. The lowest BCUT2D eigenvalue weighted by molar-refractivity contribution is -0.385. The molecule has 118 valence electrons. The summed E-state index contributed by atoms with van der Waals surface area (Å²) in [7, 11) is 1.39. The van der Waals surface area contributed by atoms with Crippen LogP contribution in [-0.4, -0.2) is 37.6 Å². The monoisotopic (exact) mass is 319 g/mol. The highest BCUT2D eigenvalue weighted by Crippen LogP contribution is 2.34. The second-order valence-electron chi connectivity index (χ2n) is 3.75. The van der Waals surface area contributed by atoms with Crippen LogP contribution in [0.5, 0.6) is 11.5 Å². The van der Waals surface area contributed by atoms with Gasteiger partial charge >= 0.3 is 0 Å². The number of methoxy groups -OCH3 is 1. The number of halogens is 1. The first kappa shape index (κ1) is 18.9. The Morgan fingerprint density at radius 2 is 2.10 bits per heavy atom. The van der Waals surface area contributed by atoms with Crippen LogP contribution < -0.4 is 20.5 Å². The molecule has 0 bridgehead atoms. The Morgan fingerprint density at radius 3 is 2.57 bits per heavy atom. The van der Waals surface area contributed by atoms with Crippen molar-refractivity contribution in [2.45, 2.75) is 6.92 Å². The van der Waals surface area contributed by atoms with Gasteiger partial charge < -0.3 is 20.5 Å². The van der Waals surface area contributed by atoms with Crippen LogP contribution in [0, 0.1) is 10.1 Å². The highest BCUT2D eigenvalue weighted by atomic mass is 35.5. The molecule has 1 aromatic rings. The number of carbonyl (C=O) groups excluding carboxylic acids is 1. The standard InChI is InChI=1S/C12H17N3O5.ClH/c1-3-20-11-7-9(15(17)18)8(6-10(11)19-2)12(16)14-5-4-13;/h6-7H,3-5,13H2,1-2H3,(H,14,16);1H. The number of rotatable bonds is 7. The van der Waals surface area contributed by atoms with E-state index in [1.165, 1.54) is 19.2 Å². The van der Waals surface area contributed by atoms with Crippen molar-refractivity contribution in [1.29, 1.82) is 0 Å². The molecule has 1 amide bonds. The smallest absolute Gasteiger partial charge is 0.286 e. The molecule has 9 heteroatoms. The van der Waals surface area contributed by atoms with Gasteiger partial charge in [0.15, 0.2) is 11.5 Å². The molecule has 0 unspecified atom stereocenters. The zero-order valence-electron chi connectivity index (χ0n) is 11.8. The molecule has 0 aliphatic rings. The molecule has 0 saturated heterocycles. The molecule has 0 saturated carbocycles. The van der Waals surface area contributed by atoms with Gasteiger partial charge in [0.05, 0.1) is 24.7 Å². The van der Waals surface area contributed by atoms with Gasteiger partial charge in [0, 0.05) is 19.2 Å². The van der Waals surface area contributed by atoms with Crippen molar-refractivity contribution >= 4 is 24.0 Å². The van der Waals surface area contributed by atoms with Gasteiger partial charge in [-0.25, -0.2) is 0 Å². The van der Waals surface area contributed by atoms with E-state index < -0.39 is 10.8 Å². The minimum Gasteiger partial charge on any atom is -0.493 e. The molecule has 0 aromatic heterocycles. The fourth-order valence-electron chi connectivity index (χ4n) is 1.59. The lowest BCUT2D eigenvalue weighted by Crippen LogP contribution is -2.29. The highest BCUT2D eigenvalue weighted by molar-refractivity contribution is 5.99. The largest absolute Gasteiger partial charge is 0.493 e. The Bertz CT molecular complexity index is 510. The number of nitro benzene ring substituents is 1. The average Bonchev–Trinajstić information content (AvgIpc) is 2.44. The van der Waals surface area contributed by atoms with Gasteiger partial charge in [-0.1, -0.05) is 0 Å². The summed E-state index contributed by atoms with van der Waals surface area (Å²) in [5.74, 6) is -0.101. The normalized spacial score (nSPS) is 9.48. The zero-order chi connectivity index (χ0) is 15.1. The predicted octanol–water partition coefficient (Wildman–Crippen LogP) is 1.11. The summed E-state index contributed by atoms with van der Waals surface area (Å²) in [5, 5.41) is 13.5. The van der Waals surface area contributed by atoms with Gasteiger partial charge in [-0.3, -0.25) is 14.9 Å². The number of benzene rings is 1. The molecule has 0 heterocycles. The van der Waals surface area contributed by atoms with Crippen molar-refractivity contribution in [1.82, 2.24) is 5.32 Å². The maximum atomic E-state index is 11.9. The number of ether oxygens (including phenoxy) is 2. The van der Waals surface area contributed by atoms with E-state index in [-0.39, 0.29) is 48.2 Å². The maximum absolute atomic E-state index is 11.9. The van der Waals surface area contributed by atoms with E-state index in [0.29, 0.717) is 6.61 Å². The number of nitrogens with one attached hydrogen (secondary N) is 1. The molecule has 0 aliphatic heterocycles. The van der Waals surface area contributed by atoms with Gasteiger partial charge in [0.25, 0.3) is 11.6 Å². The Balaban J connectivity index is 0.00000400. The minimum atomic E-state index is -0.640. The lowest BCUT2D eigenvalue weighted by Gasteiger charge is -2.11. The maximum Gasteiger partial charge on any atom is 0.286 e. The molecule has 1 aromatic carbocycles. The zero-order valence-corrected chi connectivity index (χ0v) is 12.6. The first-order valence-corrected chi connectivity index (χ1v) is 6.02. The topological polar surface area (TPSA) is 117 Å². The molecular formula is C12H18ClN3O5. The minimum absolute atomic E-state index is 0. The molecule has 0 atom stereocenters. The average molecular weight is 320 g/mol. The van der Waals surface area contributed by atoms with Crippen molar-refractivity contribution in [3.05, 3.63) is 27.8 Å². The Morgan fingerprint density at radius 1 is 1.43 bits per heavy atom. The van der Waals surface area contributed by atoms with Crippen LogP contribution in [0.25, 0.3) is 0 Å². The number of hydrogen-bond acceptors (Lipinski definition) is 6. The van der Waals surface area contributed by atoms with Crippen LogP contribution in [0.15, 0.2) is 12.1 Å². The van der Waals surface area contributed by atoms with Crippen LogP contribution in [0.3, 0.4) is 0 Å². The first-order chi connectivity index (χ1) is 9.54. The van der Waals surface area contributed by atoms with E-state index in [1.54, 1.807) is 6.92 Å². The predicted molar refractivity (Wildman–Crippen MR) is 79.5 cm³/mol. The Hall–Kier alpha value is -2.06. The molecule has 8 nitrogen and oxygen atoms in total. The number of hydrogen-bond donors (Lipinski definition) is 2. The van der Waals surface area contributed by atoms with Crippen LogP contribution in [0.1, 0.15) is 17.3 Å². The van der Waals surface area contributed by atoms with Crippen molar-refractivity contribution in [2.24, 2.45) is 5.73 Å². The SMILES string of the molecule is CCOc1cc([N+](=O)[O-])c(C(=O)NCCN)cc1OC.Cl. The summed E-state index contributed by atoms with van der Waals surface area (Å²) in [5.41, 5.74) is 4.84. The fourth-order valence-corrected chi connectivity index (χ4v) is 1.59. The molecular weight excluding hydrogens is 302 g/mol. The van der Waals surface area contributed by atoms with Crippen molar-refractivity contribution in [3.63, 3.8) is 0 Å². The third-order valence-electron chi connectivity index (χ3n) is 2.45. The molecule has 3 N–H and O–H groups in total. The number of carbonyl (C=O) groups is 1. The van der Waals surface area contributed by atoms with Gasteiger partial charge in [-0.15, -0.1) is 12.4 Å². The van der Waals surface area contributed by atoms with Crippen LogP contribution >= 0.6 is 12.4 Å². The van der Waals surface area contributed by atoms with Gasteiger partial charge in [0.1, 0.15) is 5.56 Å². The highest BCUT2D eigenvalue weighted by Gasteiger charge is 2.24. The van der Waals surface area contributed by atoms with E-state index in [4.69, 9.17) is 15.2 Å². The van der Waals surface area contributed by atoms with Gasteiger partial charge in [-0.2, -0.15) is 0 Å². The molecule has 0 radical (unpaired) electrons. The number of nitrogens with zero attached hydrogens (tertiary/aromatic N) is 1. The number of nitro groups is 1. The third-order valence-corrected chi connectivity index (χ3v) is 2.45. The van der Waals surface area contributed by atoms with Crippen molar-refractivity contribution in [3.8, 4) is 11.5 Å². The third kappa shape index (κ3) is 4.76. The van der Waals surface area contributed by atoms with Crippen LogP contribution in [-0.2, 0) is 0 Å². The Labute approximate surface area is 128 Å². The van der Waals surface area contributed by atoms with Gasteiger partial charge in [0.2, 0.25) is 0 Å². The van der Waals surface area contributed by atoms with Crippen molar-refractivity contribution in [2.75, 3.05) is 26.8 Å². The van der Waals surface area contributed by atoms with E-state index in [2.05, 4.69) is 5.32 Å². The summed E-state index contributed by atoms with van der Waals surface area (Å²) >= 11 is 0. The number of nitrogens with two attached hydrogens (primary N) is 1. The van der Waals surface area contributed by atoms with E-state index in [0.717, 1.165) is 0 Å². The van der Waals surface area contributed by atoms with E-state index >= 15 is 0 Å². The fraction of sp³-hybridized carbons (Fsp3) is 0.417. The summed E-state index contributed by atoms with van der Waals surface area (Å²) < 4.78 is 10.3. The summed E-state index contributed by atoms with van der Waals surface area (Å²) in [4.78, 5) is 22.3. The molecule has 0 aliphatic carbocycles. The molecule has 0 spiro atoms. The molecule has 0 fully saturated rings. The van der Waals surface area contributed by atoms with Crippen LogP contribution in [0.4, 0.5) is 5.69 Å². The summed E-state index contributed by atoms with van der Waals surface area (Å²) in [6, 6.07) is 2.47. The van der Waals surface area contributed by atoms with E-state index in [9.17, 15) is 14.9 Å². The van der Waals surface area contributed by atoms with Crippen molar-refractivity contribution < 1.29 is 19.2 Å². The summed E-state index contributed by atoms with van der Waals surface area (Å²) in [6.45, 7) is 2.54. The molecule has 1 rings (SSSR count).